The quantitative estimate of drug-likeness (QED) is 0.631. The average molecular weight is 261 g/mol. The van der Waals surface area contributed by atoms with Crippen LogP contribution in [-0.2, 0) is 0 Å². The van der Waals surface area contributed by atoms with E-state index in [-0.39, 0.29) is 0 Å². The van der Waals surface area contributed by atoms with Gasteiger partial charge in [-0.1, -0.05) is 77.3 Å². The molecular formula is C18H31N. The Morgan fingerprint density at radius 1 is 0.895 bits per heavy atom. The Labute approximate surface area is 120 Å². The molecule has 2 N–H and O–H groups in total. The highest BCUT2D eigenvalue weighted by atomic mass is 14.5. The summed E-state index contributed by atoms with van der Waals surface area (Å²) in [5.41, 5.74) is 9.13. The molecule has 0 amide bonds. The van der Waals surface area contributed by atoms with Crippen molar-refractivity contribution in [1.82, 2.24) is 0 Å². The average Bonchev–Trinajstić information content (AvgIpc) is 2.41. The minimum absolute atomic E-state index is 0.756. The molecule has 0 bridgehead atoms. The second-order valence-electron chi connectivity index (χ2n) is 3.44. The third kappa shape index (κ3) is 16.2. The van der Waals surface area contributed by atoms with Crippen molar-refractivity contribution in [3.05, 3.63) is 72.5 Å². The maximum Gasteiger partial charge on any atom is 0.00490 e. The van der Waals surface area contributed by atoms with Crippen LogP contribution < -0.4 is 5.73 Å². The largest absolute Gasteiger partial charge is 0.402 e. The molecule has 0 aliphatic carbocycles. The minimum atomic E-state index is 0.756. The van der Waals surface area contributed by atoms with Gasteiger partial charge in [0.2, 0.25) is 0 Å². The molecule has 0 aromatic carbocycles. The summed E-state index contributed by atoms with van der Waals surface area (Å²) in [6.07, 6.45) is 9.31. The summed E-state index contributed by atoms with van der Waals surface area (Å²) < 4.78 is 0. The van der Waals surface area contributed by atoms with Gasteiger partial charge >= 0.3 is 0 Å². The van der Waals surface area contributed by atoms with Gasteiger partial charge in [0, 0.05) is 5.70 Å². The zero-order chi connectivity index (χ0) is 15.8. The molecule has 0 heterocycles. The van der Waals surface area contributed by atoms with Crippen molar-refractivity contribution >= 4 is 0 Å². The van der Waals surface area contributed by atoms with Crippen molar-refractivity contribution in [1.29, 1.82) is 0 Å². The van der Waals surface area contributed by atoms with Crippen molar-refractivity contribution in [2.75, 3.05) is 0 Å². The van der Waals surface area contributed by atoms with Gasteiger partial charge in [0.1, 0.15) is 0 Å². The van der Waals surface area contributed by atoms with Gasteiger partial charge in [-0.3, -0.25) is 0 Å². The molecule has 0 saturated carbocycles. The zero-order valence-electron chi connectivity index (χ0n) is 13.6. The topological polar surface area (TPSA) is 26.0 Å². The van der Waals surface area contributed by atoms with Gasteiger partial charge < -0.3 is 5.73 Å². The molecule has 0 rings (SSSR count). The summed E-state index contributed by atoms with van der Waals surface area (Å²) in [5, 5.41) is 0. The molecule has 0 aromatic rings. The van der Waals surface area contributed by atoms with Crippen molar-refractivity contribution in [2.45, 2.75) is 41.5 Å². The van der Waals surface area contributed by atoms with Gasteiger partial charge in [0.05, 0.1) is 0 Å². The summed E-state index contributed by atoms with van der Waals surface area (Å²) in [4.78, 5) is 0. The Hall–Kier alpha value is -1.76. The number of hydrogen-bond acceptors (Lipinski definition) is 1. The van der Waals surface area contributed by atoms with Crippen LogP contribution in [-0.4, -0.2) is 0 Å². The Morgan fingerprint density at radius 2 is 1.37 bits per heavy atom. The molecule has 19 heavy (non-hydrogen) atoms. The highest BCUT2D eigenvalue weighted by molar-refractivity contribution is 5.46. The van der Waals surface area contributed by atoms with E-state index in [1.165, 1.54) is 0 Å². The lowest BCUT2D eigenvalue weighted by Crippen LogP contribution is -1.89. The molecule has 0 radical (unpaired) electrons. The first-order valence-corrected chi connectivity index (χ1v) is 6.76. The zero-order valence-corrected chi connectivity index (χ0v) is 13.6. The lowest BCUT2D eigenvalue weighted by molar-refractivity contribution is 1.31. The number of allylic oxidation sites excluding steroid dienone is 9. The lowest BCUT2D eigenvalue weighted by atomic mass is 10.1. The van der Waals surface area contributed by atoms with Crippen LogP contribution in [0.4, 0.5) is 0 Å². The van der Waals surface area contributed by atoms with Crippen LogP contribution in [0.2, 0.25) is 0 Å². The predicted molar refractivity (Wildman–Crippen MR) is 92.0 cm³/mol. The molecule has 0 atom stereocenters. The maximum absolute atomic E-state index is 5.54. The predicted octanol–water partition coefficient (Wildman–Crippen LogP) is 5.70. The second-order valence-corrected chi connectivity index (χ2v) is 3.44. The molecule has 0 aromatic heterocycles. The highest BCUT2D eigenvalue weighted by Gasteiger charge is 1.92. The summed E-state index contributed by atoms with van der Waals surface area (Å²) in [7, 11) is 0. The summed E-state index contributed by atoms with van der Waals surface area (Å²) in [6, 6.07) is 0. The molecule has 1 nitrogen and oxygen atoms in total. The number of hydrogen-bond donors (Lipinski definition) is 1. The van der Waals surface area contributed by atoms with Gasteiger partial charge in [-0.15, -0.1) is 0 Å². The Kier molecular flexibility index (Phi) is 19.2. The van der Waals surface area contributed by atoms with Crippen molar-refractivity contribution in [3.8, 4) is 0 Å². The van der Waals surface area contributed by atoms with E-state index in [2.05, 4.69) is 19.7 Å². The Balaban J connectivity index is -0.000000579. The fraction of sp³-hybridized carbons (Fsp3) is 0.333. The maximum atomic E-state index is 5.54. The Morgan fingerprint density at radius 3 is 1.68 bits per heavy atom. The number of rotatable bonds is 5. The van der Waals surface area contributed by atoms with Crippen LogP contribution in [0, 0.1) is 0 Å². The van der Waals surface area contributed by atoms with Crippen LogP contribution >= 0.6 is 0 Å². The third-order valence-electron chi connectivity index (χ3n) is 1.69. The van der Waals surface area contributed by atoms with Gasteiger partial charge in [-0.2, -0.15) is 0 Å². The van der Waals surface area contributed by atoms with E-state index in [4.69, 9.17) is 5.73 Å². The molecule has 0 aliphatic heterocycles. The van der Waals surface area contributed by atoms with Gasteiger partial charge in [0.15, 0.2) is 0 Å². The molecular weight excluding hydrogens is 230 g/mol. The standard InChI is InChI=1S/C14H19N.2C2H6/c1-6-14(10-9-13(5)15)12(4)8-7-11(2)3;2*1-2/h6-10H,1-2,4,15H2,3,5H3;2*1-2H3/b8-7-,13-9+,14-10+;;. The lowest BCUT2D eigenvalue weighted by Gasteiger charge is -2.00. The fourth-order valence-corrected chi connectivity index (χ4v) is 0.866. The van der Waals surface area contributed by atoms with Crippen LogP contribution in [0.25, 0.3) is 0 Å². The Bertz CT molecular complexity index is 348. The van der Waals surface area contributed by atoms with E-state index < -0.39 is 0 Å². The molecule has 108 valence electrons. The van der Waals surface area contributed by atoms with E-state index in [0.29, 0.717) is 0 Å². The molecule has 0 unspecified atom stereocenters. The highest BCUT2D eigenvalue weighted by Crippen LogP contribution is 2.11. The number of nitrogens with two attached hydrogens (primary N) is 1. The van der Waals surface area contributed by atoms with Crippen LogP contribution in [0.5, 0.6) is 0 Å². The molecule has 0 saturated heterocycles. The van der Waals surface area contributed by atoms with Gasteiger partial charge in [0.25, 0.3) is 0 Å². The van der Waals surface area contributed by atoms with Crippen LogP contribution in [0.1, 0.15) is 41.5 Å². The second kappa shape index (κ2) is 16.2. The van der Waals surface area contributed by atoms with E-state index in [0.717, 1.165) is 22.4 Å². The molecule has 0 spiro atoms. The summed E-state index contributed by atoms with van der Waals surface area (Å²) in [5.74, 6) is 0. The van der Waals surface area contributed by atoms with Crippen molar-refractivity contribution < 1.29 is 0 Å². The summed E-state index contributed by atoms with van der Waals surface area (Å²) in [6.45, 7) is 23.2. The first-order chi connectivity index (χ1) is 8.97. The van der Waals surface area contributed by atoms with E-state index in [9.17, 15) is 0 Å². The SMILES string of the molecule is C=C/C(=C\C=C(/C)N)C(=C)/C=C\C(=C)C.CC.CC. The molecule has 1 heteroatoms. The van der Waals surface area contributed by atoms with Crippen molar-refractivity contribution in [2.24, 2.45) is 5.73 Å². The monoisotopic (exact) mass is 261 g/mol. The van der Waals surface area contributed by atoms with Crippen LogP contribution in [0.15, 0.2) is 72.5 Å². The first-order valence-electron chi connectivity index (χ1n) is 6.76. The third-order valence-corrected chi connectivity index (χ3v) is 1.69. The van der Waals surface area contributed by atoms with E-state index >= 15 is 0 Å². The normalized spacial score (nSPS) is 10.8. The summed E-state index contributed by atoms with van der Waals surface area (Å²) >= 11 is 0. The minimum Gasteiger partial charge on any atom is -0.402 e. The van der Waals surface area contributed by atoms with Crippen molar-refractivity contribution in [3.63, 3.8) is 0 Å². The van der Waals surface area contributed by atoms with Gasteiger partial charge in [-0.25, -0.2) is 0 Å². The smallest absolute Gasteiger partial charge is 0.00490 e. The van der Waals surface area contributed by atoms with Crippen LogP contribution in [0.3, 0.4) is 0 Å². The molecule has 0 aliphatic rings. The molecule has 0 fully saturated rings. The first kappa shape index (κ1) is 22.4. The fourth-order valence-electron chi connectivity index (χ4n) is 0.866. The van der Waals surface area contributed by atoms with Gasteiger partial charge in [-0.05, 0) is 31.1 Å². The van der Waals surface area contributed by atoms with E-state index in [1.54, 1.807) is 6.08 Å². The van der Waals surface area contributed by atoms with E-state index in [1.807, 2.05) is 65.8 Å².